The van der Waals surface area contributed by atoms with Crippen molar-refractivity contribution in [2.24, 2.45) is 23.7 Å². The van der Waals surface area contributed by atoms with Crippen molar-refractivity contribution in [3.05, 3.63) is 41.1 Å². The third-order valence-corrected chi connectivity index (χ3v) is 10.2. The maximum Gasteiger partial charge on any atom is 0.217 e. The molecule has 0 radical (unpaired) electrons. The summed E-state index contributed by atoms with van der Waals surface area (Å²) in [5, 5.41) is 16.9. The number of fused-ring (bicyclic) bond motifs is 2. The number of ether oxygens (including phenoxy) is 2. The average Bonchev–Trinajstić information content (AvgIpc) is 3.71. The van der Waals surface area contributed by atoms with Gasteiger partial charge in [0.25, 0.3) is 0 Å². The van der Waals surface area contributed by atoms with Gasteiger partial charge >= 0.3 is 164 Å². The number of aromatic nitrogens is 2. The van der Waals surface area contributed by atoms with Gasteiger partial charge in [-0.1, -0.05) is 6.42 Å². The maximum absolute atomic E-state index is 12.7. The summed E-state index contributed by atoms with van der Waals surface area (Å²) in [6, 6.07) is 8.52. The topological polar surface area (TPSA) is 166 Å². The molecular formula is C35H46AtN5O7. The summed E-state index contributed by atoms with van der Waals surface area (Å²) >= 11 is 1.65. The Kier molecular flexibility index (Phi) is 14.3. The number of unbranched alkanes of at least 4 members (excludes halogenated alkanes) is 1. The van der Waals surface area contributed by atoms with Crippen LogP contribution in [0.1, 0.15) is 69.2 Å². The molecule has 2 aliphatic carbocycles. The molecule has 3 amide bonds. The van der Waals surface area contributed by atoms with E-state index in [1.54, 1.807) is 31.6 Å². The van der Waals surface area contributed by atoms with E-state index in [1.165, 1.54) is 21.3 Å². The Morgan fingerprint density at radius 2 is 1.62 bits per heavy atom. The molecule has 0 spiro atoms. The van der Waals surface area contributed by atoms with Crippen LogP contribution >= 0.6 is 0 Å². The number of carbonyl (C=O) groups is 5. The molecule has 13 heteroatoms. The van der Waals surface area contributed by atoms with Crippen LogP contribution in [0.4, 0.5) is 4.79 Å². The van der Waals surface area contributed by atoms with Crippen LogP contribution in [0.25, 0.3) is 11.3 Å². The van der Waals surface area contributed by atoms with Gasteiger partial charge < -0.3 is 20.7 Å². The first kappa shape index (κ1) is 37.4. The Labute approximate surface area is 297 Å². The molecular weight excluding hydrogens is 813 g/mol. The smallest absolute Gasteiger partial charge is 0.217 e. The summed E-state index contributed by atoms with van der Waals surface area (Å²) in [7, 11) is 0. The molecule has 260 valence electrons. The third-order valence-electron chi connectivity index (χ3n) is 9.22. The molecule has 3 N–H and O–H groups in total. The molecule has 1 fully saturated rings. The van der Waals surface area contributed by atoms with Crippen molar-refractivity contribution in [3.8, 4) is 11.3 Å². The number of esters is 1. The molecule has 2 unspecified atom stereocenters. The van der Waals surface area contributed by atoms with Crippen molar-refractivity contribution in [2.75, 3.05) is 32.8 Å². The fourth-order valence-electron chi connectivity index (χ4n) is 6.64. The Balaban J connectivity index is 1.19. The molecule has 2 aliphatic rings. The van der Waals surface area contributed by atoms with E-state index < -0.39 is 23.9 Å². The number of aryl methyl sites for hydroxylation is 1. The monoisotopic (exact) mass is 859 g/mol. The number of amides is 3. The van der Waals surface area contributed by atoms with Gasteiger partial charge in [0.2, 0.25) is 11.8 Å². The summed E-state index contributed by atoms with van der Waals surface area (Å²) in [5.74, 6) is -0.877. The summed E-state index contributed by atoms with van der Waals surface area (Å²) in [5.41, 5.74) is 5.69. The molecule has 0 saturated heterocycles. The van der Waals surface area contributed by atoms with Crippen LogP contribution in [0.2, 0.25) is 0 Å². The molecule has 2 aromatic rings. The number of nitrogens with zero attached hydrogens (tertiary/aromatic N) is 2. The van der Waals surface area contributed by atoms with Gasteiger partial charge in [0.15, 0.2) is 5.78 Å². The number of nitrogens with one attached hydrogen (secondary N) is 3. The molecule has 1 heterocycles. The largest absolute Gasteiger partial charge is 0.349 e. The van der Waals surface area contributed by atoms with E-state index in [2.05, 4.69) is 50.4 Å². The number of carbonyl (C=O) groups excluding carboxylic acids is 5. The third kappa shape index (κ3) is 11.0. The minimum Gasteiger partial charge on any atom is -0.349 e. The van der Waals surface area contributed by atoms with Gasteiger partial charge in [0.05, 0.1) is 13.2 Å². The molecule has 1 aromatic heterocycles. The molecule has 1 saturated carbocycles. The van der Waals surface area contributed by atoms with Gasteiger partial charge in [0.1, 0.15) is 6.54 Å². The first-order valence-corrected chi connectivity index (χ1v) is 18.2. The first-order chi connectivity index (χ1) is 23.1. The van der Waals surface area contributed by atoms with Gasteiger partial charge in [-0.15, -0.1) is 0 Å². The van der Waals surface area contributed by atoms with Crippen molar-refractivity contribution in [3.63, 3.8) is 0 Å². The molecule has 4 atom stereocenters. The second kappa shape index (κ2) is 18.3. The number of ketones is 1. The number of benzene rings is 1. The second-order valence-electron chi connectivity index (χ2n) is 12.6. The second-order valence-corrected chi connectivity index (χ2v) is 14.3. The number of Topliss-reactive ketones (excluding diaryl/α,β-unsaturated/α-hetero) is 1. The molecule has 12 nitrogen and oxygen atoms in total. The fraction of sp³-hybridized carbons (Fsp3) is 0.571. The number of rotatable bonds is 16. The van der Waals surface area contributed by atoms with Gasteiger partial charge in [0, 0.05) is 25.8 Å². The van der Waals surface area contributed by atoms with Gasteiger partial charge in [-0.2, -0.15) is 0 Å². The summed E-state index contributed by atoms with van der Waals surface area (Å²) in [6.07, 6.45) is 4.94. The standard InChI is InChI=1S/C35H46AtN5O7/c1-4-47-32(44)19-39-34(45)24(17-26(43)18-38-22(3)42)7-5-6-16-37-35(46)48-20-31-28-13-12-27-21(2)40-41-33(30(27)15-14-29(28)31)23-8-10-25(36)11-9-23/h8-11,24,28-29,31H,4-7,12-20H2,1-3H3,(H,37,46)(H,38,42)(H,39,45)/t24-,28?,29?,31+/m1/s1/i36+1. The Bertz CT molecular complexity index is 1470. The molecule has 1 aromatic carbocycles. The van der Waals surface area contributed by atoms with Crippen LogP contribution in [0.5, 0.6) is 0 Å². The fourth-order valence-corrected chi connectivity index (χ4v) is 7.13. The Morgan fingerprint density at radius 1 is 0.917 bits per heavy atom. The average molecular weight is 860 g/mol. The van der Waals surface area contributed by atoms with Gasteiger partial charge in [-0.25, -0.2) is 4.79 Å². The minimum atomic E-state index is -0.672. The van der Waals surface area contributed by atoms with Crippen LogP contribution in [0.15, 0.2) is 24.3 Å². The summed E-state index contributed by atoms with van der Waals surface area (Å²) in [6.45, 7) is 5.53. The van der Waals surface area contributed by atoms with Crippen LogP contribution in [0.3, 0.4) is 0 Å². The molecule has 0 bridgehead atoms. The first-order valence-electron chi connectivity index (χ1n) is 16.8. The van der Waals surface area contributed by atoms with E-state index >= 15 is 0 Å². The quantitative estimate of drug-likeness (QED) is 0.170. The number of alkyl carbamates (subject to hydrolysis) is 1. The van der Waals surface area contributed by atoms with Crippen molar-refractivity contribution in [1.29, 1.82) is 0 Å². The van der Waals surface area contributed by atoms with Gasteiger partial charge in [-0.05, 0) is 19.8 Å². The van der Waals surface area contributed by atoms with Crippen LogP contribution in [0, 0.1) is 55.3 Å². The van der Waals surface area contributed by atoms with E-state index in [1.807, 2.05) is 6.92 Å². The van der Waals surface area contributed by atoms with Crippen LogP contribution in [-0.4, -0.2) is 72.7 Å². The Morgan fingerprint density at radius 3 is 2.31 bits per heavy atom. The van der Waals surface area contributed by atoms with Crippen molar-refractivity contribution in [1.82, 2.24) is 26.1 Å². The predicted molar refractivity (Wildman–Crippen MR) is 174 cm³/mol. The van der Waals surface area contributed by atoms with E-state index in [4.69, 9.17) is 9.47 Å². The van der Waals surface area contributed by atoms with Crippen molar-refractivity contribution in [2.45, 2.75) is 72.1 Å². The zero-order valence-electron chi connectivity index (χ0n) is 27.9. The van der Waals surface area contributed by atoms with Crippen LogP contribution < -0.4 is 19.2 Å². The normalized spacial score (nSPS) is 18.5. The Hall–Kier alpha value is -3.47. The number of hydrogen-bond donors (Lipinski definition) is 3. The molecule has 48 heavy (non-hydrogen) atoms. The molecule has 4 rings (SSSR count). The zero-order chi connectivity index (χ0) is 34.6. The van der Waals surface area contributed by atoms with E-state index in [0.29, 0.717) is 50.2 Å². The minimum absolute atomic E-state index is 0.0699. The summed E-state index contributed by atoms with van der Waals surface area (Å²) in [4.78, 5) is 60.4. The maximum atomic E-state index is 12.7. The summed E-state index contributed by atoms with van der Waals surface area (Å²) < 4.78 is 11.7. The number of hydrogen-bond acceptors (Lipinski definition) is 9. The predicted octanol–water partition coefficient (Wildman–Crippen LogP) is 2.65. The van der Waals surface area contributed by atoms with Crippen LogP contribution in [-0.2, 0) is 41.5 Å². The van der Waals surface area contributed by atoms with E-state index in [-0.39, 0.29) is 37.8 Å². The SMILES string of the molecule is CCOC(=O)CNC(=O)[C@H](CCCCNC(=O)OC[C@H]1C2CCc3c(C)nnc(-c4ccc([211At])cc4)c3CCC21)CC(=O)CNC(C)=O. The van der Waals surface area contributed by atoms with E-state index in [0.717, 1.165) is 42.6 Å². The zero-order valence-corrected chi connectivity index (χ0v) is 30.9. The van der Waals surface area contributed by atoms with E-state index in [9.17, 15) is 24.0 Å². The molecule has 0 aliphatic heterocycles. The van der Waals surface area contributed by atoms with Crippen molar-refractivity contribution < 1.29 is 58.2 Å². The van der Waals surface area contributed by atoms with Crippen molar-refractivity contribution >= 4 is 32.9 Å². The van der Waals surface area contributed by atoms with Gasteiger partial charge in [-0.3, -0.25) is 19.2 Å².